The first-order chi connectivity index (χ1) is 11.0. The van der Waals surface area contributed by atoms with Gasteiger partial charge in [-0.3, -0.25) is 0 Å². The summed E-state index contributed by atoms with van der Waals surface area (Å²) in [7, 11) is 4.33. The maximum absolute atomic E-state index is 5.45. The summed E-state index contributed by atoms with van der Waals surface area (Å²) in [6.07, 6.45) is 0. The SMILES string of the molecule is Cc1cc(C)cc(NC(=S)NC[C@H](c2ccccc2)[NH+](C)C)c1. The zero-order valence-electron chi connectivity index (χ0n) is 14.3. The van der Waals surface area contributed by atoms with Crippen LogP contribution in [0.15, 0.2) is 48.5 Å². The van der Waals surface area contributed by atoms with Gasteiger partial charge in [-0.25, -0.2) is 0 Å². The summed E-state index contributed by atoms with van der Waals surface area (Å²) in [5, 5.41) is 7.29. The number of hydrogen-bond donors (Lipinski definition) is 3. The highest BCUT2D eigenvalue weighted by Gasteiger charge is 2.17. The number of rotatable bonds is 5. The quantitative estimate of drug-likeness (QED) is 0.737. The zero-order valence-corrected chi connectivity index (χ0v) is 15.1. The molecule has 2 rings (SSSR count). The summed E-state index contributed by atoms with van der Waals surface area (Å²) in [6.45, 7) is 4.98. The lowest BCUT2D eigenvalue weighted by molar-refractivity contribution is -0.890. The smallest absolute Gasteiger partial charge is 0.171 e. The first-order valence-electron chi connectivity index (χ1n) is 7.94. The third kappa shape index (κ3) is 5.34. The predicted octanol–water partition coefficient (Wildman–Crippen LogP) is 2.48. The van der Waals surface area contributed by atoms with Crippen molar-refractivity contribution < 1.29 is 4.90 Å². The van der Waals surface area contributed by atoms with Gasteiger partial charge in [-0.2, -0.15) is 0 Å². The molecule has 1 atom stereocenters. The third-order valence-electron chi connectivity index (χ3n) is 3.85. The van der Waals surface area contributed by atoms with Crippen molar-refractivity contribution in [1.82, 2.24) is 5.32 Å². The zero-order chi connectivity index (χ0) is 16.8. The summed E-state index contributed by atoms with van der Waals surface area (Å²) in [5.74, 6) is 0. The van der Waals surface area contributed by atoms with Crippen LogP contribution < -0.4 is 15.5 Å². The summed E-state index contributed by atoms with van der Waals surface area (Å²) >= 11 is 5.45. The highest BCUT2D eigenvalue weighted by molar-refractivity contribution is 7.80. The lowest BCUT2D eigenvalue weighted by atomic mass is 10.1. The van der Waals surface area contributed by atoms with Gasteiger partial charge in [0.25, 0.3) is 0 Å². The molecule has 3 N–H and O–H groups in total. The maximum Gasteiger partial charge on any atom is 0.171 e. The molecule has 0 aromatic heterocycles. The van der Waals surface area contributed by atoms with Gasteiger partial charge >= 0.3 is 0 Å². The molecule has 4 heteroatoms. The van der Waals surface area contributed by atoms with Crippen molar-refractivity contribution in [3.63, 3.8) is 0 Å². The van der Waals surface area contributed by atoms with Gasteiger partial charge < -0.3 is 15.5 Å². The number of anilines is 1. The van der Waals surface area contributed by atoms with Crippen molar-refractivity contribution in [2.75, 3.05) is 26.0 Å². The van der Waals surface area contributed by atoms with Crippen molar-refractivity contribution in [3.05, 3.63) is 65.2 Å². The van der Waals surface area contributed by atoms with E-state index in [1.165, 1.54) is 21.6 Å². The van der Waals surface area contributed by atoms with Crippen molar-refractivity contribution in [2.24, 2.45) is 0 Å². The van der Waals surface area contributed by atoms with Crippen LogP contribution in [0.2, 0.25) is 0 Å². The van der Waals surface area contributed by atoms with Gasteiger partial charge in [-0.05, 0) is 49.3 Å². The molecule has 0 saturated carbocycles. The Bertz CT molecular complexity index is 633. The molecule has 0 unspecified atom stereocenters. The number of likely N-dealkylation sites (N-methyl/N-ethyl adjacent to an activating group) is 1. The molecule has 0 heterocycles. The van der Waals surface area contributed by atoms with Gasteiger partial charge in [0.1, 0.15) is 6.04 Å². The lowest BCUT2D eigenvalue weighted by Crippen LogP contribution is -3.07. The monoisotopic (exact) mass is 328 g/mol. The number of nitrogens with one attached hydrogen (secondary N) is 3. The van der Waals surface area contributed by atoms with E-state index >= 15 is 0 Å². The van der Waals surface area contributed by atoms with E-state index in [-0.39, 0.29) is 0 Å². The Kier molecular flexibility index (Phi) is 6.13. The van der Waals surface area contributed by atoms with Crippen LogP contribution in [0.5, 0.6) is 0 Å². The topological polar surface area (TPSA) is 28.5 Å². The van der Waals surface area contributed by atoms with E-state index in [9.17, 15) is 0 Å². The fourth-order valence-corrected chi connectivity index (χ4v) is 2.96. The Hall–Kier alpha value is -1.91. The Morgan fingerprint density at radius 1 is 1.04 bits per heavy atom. The predicted molar refractivity (Wildman–Crippen MR) is 102 cm³/mol. The summed E-state index contributed by atoms with van der Waals surface area (Å²) in [5.41, 5.74) is 4.81. The maximum atomic E-state index is 5.45. The molecule has 0 spiro atoms. The molecule has 0 aliphatic carbocycles. The molecule has 0 fully saturated rings. The second-order valence-corrected chi connectivity index (χ2v) is 6.66. The second-order valence-electron chi connectivity index (χ2n) is 6.25. The fraction of sp³-hybridized carbons (Fsp3) is 0.316. The van der Waals surface area contributed by atoms with Crippen molar-refractivity contribution in [2.45, 2.75) is 19.9 Å². The number of hydrogen-bond acceptors (Lipinski definition) is 1. The van der Waals surface area contributed by atoms with E-state index in [2.05, 4.69) is 81.0 Å². The lowest BCUT2D eigenvalue weighted by Gasteiger charge is -2.23. The van der Waals surface area contributed by atoms with Crippen LogP contribution in [0.3, 0.4) is 0 Å². The van der Waals surface area contributed by atoms with Gasteiger partial charge in [0.05, 0.1) is 20.6 Å². The molecular weight excluding hydrogens is 302 g/mol. The van der Waals surface area contributed by atoms with Crippen molar-refractivity contribution in [1.29, 1.82) is 0 Å². The van der Waals surface area contributed by atoms with Gasteiger partial charge in [-0.15, -0.1) is 0 Å². The minimum atomic E-state index is 0.357. The molecule has 23 heavy (non-hydrogen) atoms. The van der Waals surface area contributed by atoms with E-state index < -0.39 is 0 Å². The molecule has 2 aromatic rings. The fourth-order valence-electron chi connectivity index (χ4n) is 2.76. The van der Waals surface area contributed by atoms with E-state index in [0.717, 1.165) is 12.2 Å². The van der Waals surface area contributed by atoms with Crippen LogP contribution >= 0.6 is 12.2 Å². The molecule has 2 aromatic carbocycles. The molecule has 0 amide bonds. The number of quaternary nitrogens is 1. The van der Waals surface area contributed by atoms with Crippen molar-refractivity contribution >= 4 is 23.0 Å². The Morgan fingerprint density at radius 2 is 1.65 bits per heavy atom. The Labute approximate surface area is 144 Å². The van der Waals surface area contributed by atoms with Gasteiger partial charge in [0.15, 0.2) is 5.11 Å². The number of benzene rings is 2. The molecule has 122 valence electrons. The van der Waals surface area contributed by atoms with Crippen LogP contribution in [0.1, 0.15) is 22.7 Å². The van der Waals surface area contributed by atoms with Gasteiger partial charge in [0, 0.05) is 11.3 Å². The standard InChI is InChI=1S/C19H25N3S/c1-14-10-15(2)12-17(11-14)21-19(23)20-13-18(22(3)4)16-8-6-5-7-9-16/h5-12,18H,13H2,1-4H3,(H2,20,21,23)/p+1/t18-/m1/s1. The molecule has 3 nitrogen and oxygen atoms in total. The number of thiocarbonyl (C=S) groups is 1. The van der Waals surface area contributed by atoms with Crippen LogP contribution in [0, 0.1) is 13.8 Å². The normalized spacial score (nSPS) is 12.0. The van der Waals surface area contributed by atoms with E-state index in [1.54, 1.807) is 0 Å². The molecule has 0 bridgehead atoms. The molecule has 0 aliphatic rings. The summed E-state index contributed by atoms with van der Waals surface area (Å²) < 4.78 is 0. The van der Waals surface area contributed by atoms with E-state index in [4.69, 9.17) is 12.2 Å². The minimum Gasteiger partial charge on any atom is -0.356 e. The van der Waals surface area contributed by atoms with Crippen LogP contribution in [0.4, 0.5) is 5.69 Å². The summed E-state index contributed by atoms with van der Waals surface area (Å²) in [6, 6.07) is 17.3. The molecule has 0 radical (unpaired) electrons. The first kappa shape index (κ1) is 17.4. The Balaban J connectivity index is 1.96. The average Bonchev–Trinajstić information content (AvgIpc) is 2.47. The number of aryl methyl sites for hydroxylation is 2. The highest BCUT2D eigenvalue weighted by Crippen LogP contribution is 2.13. The molecular formula is C19H26N3S+. The second kappa shape index (κ2) is 8.09. The minimum absolute atomic E-state index is 0.357. The van der Waals surface area contributed by atoms with E-state index in [0.29, 0.717) is 11.2 Å². The third-order valence-corrected chi connectivity index (χ3v) is 4.09. The van der Waals surface area contributed by atoms with Crippen LogP contribution in [-0.2, 0) is 0 Å². The highest BCUT2D eigenvalue weighted by atomic mass is 32.1. The average molecular weight is 329 g/mol. The van der Waals surface area contributed by atoms with Crippen LogP contribution in [-0.4, -0.2) is 25.8 Å². The first-order valence-corrected chi connectivity index (χ1v) is 8.34. The molecule has 0 aliphatic heterocycles. The van der Waals surface area contributed by atoms with Crippen LogP contribution in [0.25, 0.3) is 0 Å². The summed E-state index contributed by atoms with van der Waals surface area (Å²) in [4.78, 5) is 1.37. The Morgan fingerprint density at radius 3 is 2.22 bits per heavy atom. The van der Waals surface area contributed by atoms with Gasteiger partial charge in [-0.1, -0.05) is 36.4 Å². The van der Waals surface area contributed by atoms with Gasteiger partial charge in [0.2, 0.25) is 0 Å². The largest absolute Gasteiger partial charge is 0.356 e. The van der Waals surface area contributed by atoms with E-state index in [1.807, 2.05) is 6.07 Å². The van der Waals surface area contributed by atoms with Crippen molar-refractivity contribution in [3.8, 4) is 0 Å². The molecule has 0 saturated heterocycles.